The Bertz CT molecular complexity index is 866. The lowest BCUT2D eigenvalue weighted by atomic mass is 10.1. The molecular formula is C21H23NO6. The van der Waals surface area contributed by atoms with Crippen molar-refractivity contribution in [3.05, 3.63) is 48.0 Å². The summed E-state index contributed by atoms with van der Waals surface area (Å²) in [6.45, 7) is 0.380. The maximum atomic E-state index is 12.5. The van der Waals surface area contributed by atoms with Crippen molar-refractivity contribution in [3.63, 3.8) is 0 Å². The van der Waals surface area contributed by atoms with E-state index in [0.29, 0.717) is 22.9 Å². The van der Waals surface area contributed by atoms with Gasteiger partial charge in [-0.15, -0.1) is 0 Å². The Hall–Kier alpha value is -3.22. The zero-order valence-electron chi connectivity index (χ0n) is 16.1. The van der Waals surface area contributed by atoms with E-state index in [1.807, 2.05) is 24.3 Å². The fourth-order valence-corrected chi connectivity index (χ4v) is 3.14. The van der Waals surface area contributed by atoms with Gasteiger partial charge in [-0.1, -0.05) is 12.1 Å². The van der Waals surface area contributed by atoms with Crippen LogP contribution in [0.15, 0.2) is 42.5 Å². The quantitative estimate of drug-likeness (QED) is 0.683. The molecule has 1 aliphatic rings. The molecule has 28 heavy (non-hydrogen) atoms. The number of methoxy groups -OCH3 is 3. The number of carbonyl (C=O) groups is 2. The molecule has 0 N–H and O–H groups in total. The Balaban J connectivity index is 1.66. The van der Waals surface area contributed by atoms with E-state index in [9.17, 15) is 9.59 Å². The van der Waals surface area contributed by atoms with Gasteiger partial charge in [-0.05, 0) is 29.8 Å². The third-order valence-corrected chi connectivity index (χ3v) is 4.65. The second-order valence-corrected chi connectivity index (χ2v) is 6.40. The standard InChI is InChI=1S/C21H23NO6/c1-25-16-6-4-5-14(9-16)13-28-21(24)15-10-20(23)22(12-15)18-8-7-17(26-2)11-19(18)27-3/h4-9,11,15H,10,12-13H2,1-3H3. The fraction of sp³-hybridized carbons (Fsp3) is 0.333. The highest BCUT2D eigenvalue weighted by Crippen LogP contribution is 2.36. The molecule has 0 aromatic heterocycles. The van der Waals surface area contributed by atoms with Crippen molar-refractivity contribution in [1.29, 1.82) is 0 Å². The zero-order valence-corrected chi connectivity index (χ0v) is 16.1. The monoisotopic (exact) mass is 385 g/mol. The molecule has 148 valence electrons. The molecule has 2 aromatic rings. The van der Waals surface area contributed by atoms with E-state index >= 15 is 0 Å². The Morgan fingerprint density at radius 1 is 1.04 bits per heavy atom. The molecule has 0 spiro atoms. The summed E-state index contributed by atoms with van der Waals surface area (Å²) in [7, 11) is 4.67. The number of rotatable bonds is 7. The van der Waals surface area contributed by atoms with Crippen molar-refractivity contribution >= 4 is 17.6 Å². The summed E-state index contributed by atoms with van der Waals surface area (Å²) in [6, 6.07) is 12.5. The van der Waals surface area contributed by atoms with Crippen LogP contribution in [0.25, 0.3) is 0 Å². The van der Waals surface area contributed by atoms with Crippen LogP contribution >= 0.6 is 0 Å². The molecule has 7 nitrogen and oxygen atoms in total. The Labute approximate surface area is 163 Å². The van der Waals surface area contributed by atoms with Crippen LogP contribution < -0.4 is 19.1 Å². The summed E-state index contributed by atoms with van der Waals surface area (Å²) in [5, 5.41) is 0. The number of amides is 1. The Morgan fingerprint density at radius 2 is 1.79 bits per heavy atom. The van der Waals surface area contributed by atoms with Crippen LogP contribution in [0.4, 0.5) is 5.69 Å². The van der Waals surface area contributed by atoms with Crippen LogP contribution in [-0.4, -0.2) is 39.8 Å². The van der Waals surface area contributed by atoms with E-state index in [1.54, 1.807) is 37.3 Å². The van der Waals surface area contributed by atoms with Crippen LogP contribution in [0.2, 0.25) is 0 Å². The van der Waals surface area contributed by atoms with Gasteiger partial charge < -0.3 is 23.8 Å². The second kappa shape index (κ2) is 8.65. The number of carbonyl (C=O) groups excluding carboxylic acids is 2. The Kier molecular flexibility index (Phi) is 6.03. The highest BCUT2D eigenvalue weighted by atomic mass is 16.5. The molecule has 7 heteroatoms. The van der Waals surface area contributed by atoms with E-state index in [2.05, 4.69) is 0 Å². The highest BCUT2D eigenvalue weighted by Gasteiger charge is 2.37. The minimum atomic E-state index is -0.523. The number of benzene rings is 2. The molecule has 2 aromatic carbocycles. The van der Waals surface area contributed by atoms with Gasteiger partial charge in [-0.3, -0.25) is 9.59 Å². The molecule has 1 heterocycles. The fourth-order valence-electron chi connectivity index (χ4n) is 3.14. The van der Waals surface area contributed by atoms with Gasteiger partial charge in [-0.2, -0.15) is 0 Å². The summed E-state index contributed by atoms with van der Waals surface area (Å²) in [5.41, 5.74) is 1.43. The number of nitrogens with zero attached hydrogens (tertiary/aromatic N) is 1. The first-order chi connectivity index (χ1) is 13.5. The SMILES string of the molecule is COc1cccc(COC(=O)C2CC(=O)N(c3ccc(OC)cc3OC)C2)c1. The third-order valence-electron chi connectivity index (χ3n) is 4.65. The number of hydrogen-bond donors (Lipinski definition) is 0. The first-order valence-corrected chi connectivity index (χ1v) is 8.87. The topological polar surface area (TPSA) is 74.3 Å². The van der Waals surface area contributed by atoms with Crippen molar-refractivity contribution < 1.29 is 28.5 Å². The molecule has 3 rings (SSSR count). The lowest BCUT2D eigenvalue weighted by Crippen LogP contribution is -2.26. The normalized spacial score (nSPS) is 16.0. The average Bonchev–Trinajstić information content (AvgIpc) is 3.13. The van der Waals surface area contributed by atoms with Gasteiger partial charge in [0.1, 0.15) is 23.9 Å². The summed E-state index contributed by atoms with van der Waals surface area (Å²) < 4.78 is 21.1. The van der Waals surface area contributed by atoms with E-state index in [4.69, 9.17) is 18.9 Å². The first-order valence-electron chi connectivity index (χ1n) is 8.87. The van der Waals surface area contributed by atoms with Crippen LogP contribution in [0.3, 0.4) is 0 Å². The molecule has 0 radical (unpaired) electrons. The summed E-state index contributed by atoms with van der Waals surface area (Å²) in [6.07, 6.45) is 0.103. The summed E-state index contributed by atoms with van der Waals surface area (Å²) in [4.78, 5) is 26.5. The van der Waals surface area contributed by atoms with Gasteiger partial charge in [-0.25, -0.2) is 0 Å². The molecular weight excluding hydrogens is 362 g/mol. The molecule has 1 fully saturated rings. The van der Waals surface area contributed by atoms with Gasteiger partial charge in [0.25, 0.3) is 0 Å². The van der Waals surface area contributed by atoms with Gasteiger partial charge in [0.05, 0.1) is 32.9 Å². The second-order valence-electron chi connectivity index (χ2n) is 6.40. The number of ether oxygens (including phenoxy) is 4. The number of esters is 1. The lowest BCUT2D eigenvalue weighted by molar-refractivity contribution is -0.149. The average molecular weight is 385 g/mol. The molecule has 1 saturated heterocycles. The van der Waals surface area contributed by atoms with Gasteiger partial charge in [0.2, 0.25) is 5.91 Å². The summed E-state index contributed by atoms with van der Waals surface area (Å²) in [5.74, 6) is 0.768. The van der Waals surface area contributed by atoms with Crippen molar-refractivity contribution in [1.82, 2.24) is 0 Å². The predicted molar refractivity (Wildman–Crippen MR) is 103 cm³/mol. The molecule has 0 aliphatic carbocycles. The number of anilines is 1. The minimum absolute atomic E-state index is 0.103. The third kappa shape index (κ3) is 4.19. The van der Waals surface area contributed by atoms with Crippen LogP contribution in [-0.2, 0) is 20.9 Å². The van der Waals surface area contributed by atoms with Crippen molar-refractivity contribution in [3.8, 4) is 17.2 Å². The van der Waals surface area contributed by atoms with E-state index in [-0.39, 0.29) is 25.5 Å². The minimum Gasteiger partial charge on any atom is -0.497 e. The smallest absolute Gasteiger partial charge is 0.311 e. The molecule has 1 aliphatic heterocycles. The van der Waals surface area contributed by atoms with Crippen molar-refractivity contribution in [2.24, 2.45) is 5.92 Å². The van der Waals surface area contributed by atoms with Crippen molar-refractivity contribution in [2.75, 3.05) is 32.8 Å². The number of hydrogen-bond acceptors (Lipinski definition) is 6. The van der Waals surface area contributed by atoms with Gasteiger partial charge in [0.15, 0.2) is 0 Å². The van der Waals surface area contributed by atoms with Gasteiger partial charge >= 0.3 is 5.97 Å². The Morgan fingerprint density at radius 3 is 2.50 bits per heavy atom. The van der Waals surface area contributed by atoms with Crippen LogP contribution in [0.1, 0.15) is 12.0 Å². The molecule has 1 atom stereocenters. The molecule has 0 bridgehead atoms. The van der Waals surface area contributed by atoms with E-state index < -0.39 is 11.9 Å². The highest BCUT2D eigenvalue weighted by molar-refractivity contribution is 6.00. The largest absolute Gasteiger partial charge is 0.497 e. The van der Waals surface area contributed by atoms with Gasteiger partial charge in [0, 0.05) is 19.0 Å². The summed E-state index contributed by atoms with van der Waals surface area (Å²) >= 11 is 0. The van der Waals surface area contributed by atoms with Crippen LogP contribution in [0, 0.1) is 5.92 Å². The molecule has 0 saturated carbocycles. The lowest BCUT2D eigenvalue weighted by Gasteiger charge is -2.20. The molecule has 1 unspecified atom stereocenters. The maximum Gasteiger partial charge on any atom is 0.311 e. The van der Waals surface area contributed by atoms with Crippen molar-refractivity contribution in [2.45, 2.75) is 13.0 Å². The zero-order chi connectivity index (χ0) is 20.1. The molecule has 1 amide bonds. The maximum absolute atomic E-state index is 12.5. The van der Waals surface area contributed by atoms with Crippen LogP contribution in [0.5, 0.6) is 17.2 Å². The van der Waals surface area contributed by atoms with E-state index in [1.165, 1.54) is 7.11 Å². The van der Waals surface area contributed by atoms with E-state index in [0.717, 1.165) is 5.56 Å². The predicted octanol–water partition coefficient (Wildman–Crippen LogP) is 2.81. The first kappa shape index (κ1) is 19.5.